The topological polar surface area (TPSA) is 64.5 Å². The van der Waals surface area contributed by atoms with Crippen molar-refractivity contribution in [1.29, 1.82) is 0 Å². The van der Waals surface area contributed by atoms with Crippen molar-refractivity contribution in [2.45, 2.75) is 30.9 Å². The second-order valence-electron chi connectivity index (χ2n) is 8.87. The molecule has 4 aromatic rings. The Morgan fingerprint density at radius 1 is 0.513 bits per heavy atom. The molecule has 4 nitrogen and oxygen atoms in total. The highest BCUT2D eigenvalue weighted by Gasteiger charge is 2.72. The molecule has 4 N–H and O–H groups in total. The summed E-state index contributed by atoms with van der Waals surface area (Å²) in [6.45, 7) is -0.450. The summed E-state index contributed by atoms with van der Waals surface area (Å²) in [5.74, 6) is -0.919. The van der Waals surface area contributed by atoms with Crippen LogP contribution in [0, 0.1) is 0 Å². The third-order valence-electron chi connectivity index (χ3n) is 6.39. The molecule has 0 atom stereocenters. The van der Waals surface area contributed by atoms with Crippen LogP contribution in [-0.4, -0.2) is 22.6 Å². The standard InChI is InChI=1S/C29H24F6N2O2/c30-28(31,32)27(29(33,34)35,21-11-13-25(38)19(15-21)17-36-23-7-3-1-4-8-23)22-12-14-26(39)20(16-22)18-37-24-9-5-2-6-10-24/h1-16,36-39H,17-18H2. The fraction of sp³-hybridized carbons (Fsp3) is 0.172. The Morgan fingerprint density at radius 2 is 0.872 bits per heavy atom. The summed E-state index contributed by atoms with van der Waals surface area (Å²) >= 11 is 0. The summed E-state index contributed by atoms with van der Waals surface area (Å²) < 4.78 is 88.4. The third-order valence-corrected chi connectivity index (χ3v) is 6.39. The lowest BCUT2D eigenvalue weighted by atomic mass is 9.72. The summed E-state index contributed by atoms with van der Waals surface area (Å²) in [6.07, 6.45) is -11.7. The Balaban J connectivity index is 1.81. The predicted molar refractivity (Wildman–Crippen MR) is 137 cm³/mol. The summed E-state index contributed by atoms with van der Waals surface area (Å²) in [4.78, 5) is 0. The van der Waals surface area contributed by atoms with Crippen LogP contribution >= 0.6 is 0 Å². The van der Waals surface area contributed by atoms with Crippen LogP contribution in [0.4, 0.5) is 37.7 Å². The number of hydrogen-bond acceptors (Lipinski definition) is 4. The molecule has 0 aliphatic rings. The van der Waals surface area contributed by atoms with E-state index in [2.05, 4.69) is 10.6 Å². The molecular weight excluding hydrogens is 522 g/mol. The maximum atomic E-state index is 14.7. The average molecular weight is 547 g/mol. The van der Waals surface area contributed by atoms with Gasteiger partial charge in [0.05, 0.1) is 0 Å². The van der Waals surface area contributed by atoms with Crippen molar-refractivity contribution in [2.75, 3.05) is 10.6 Å². The van der Waals surface area contributed by atoms with Crippen LogP contribution in [0.15, 0.2) is 97.1 Å². The average Bonchev–Trinajstić information content (AvgIpc) is 2.89. The first-order chi connectivity index (χ1) is 18.4. The molecule has 4 rings (SSSR count). The summed E-state index contributed by atoms with van der Waals surface area (Å²) in [5, 5.41) is 26.3. The van der Waals surface area contributed by atoms with Gasteiger partial charge in [0, 0.05) is 35.6 Å². The Kier molecular flexibility index (Phi) is 7.67. The number of halogens is 6. The van der Waals surface area contributed by atoms with Gasteiger partial charge in [-0.3, -0.25) is 0 Å². The normalized spacial score (nSPS) is 12.3. The van der Waals surface area contributed by atoms with Gasteiger partial charge in [-0.15, -0.1) is 0 Å². The largest absolute Gasteiger partial charge is 0.508 e. The number of phenolic OH excluding ortho intramolecular Hbond substituents is 2. The lowest BCUT2D eigenvalue weighted by molar-refractivity contribution is -0.288. The van der Waals surface area contributed by atoms with Gasteiger partial charge in [-0.25, -0.2) is 0 Å². The maximum Gasteiger partial charge on any atom is 0.411 e. The molecule has 0 heterocycles. The highest BCUT2D eigenvalue weighted by Crippen LogP contribution is 2.57. The van der Waals surface area contributed by atoms with E-state index in [1.54, 1.807) is 60.7 Å². The van der Waals surface area contributed by atoms with E-state index >= 15 is 0 Å². The third kappa shape index (κ3) is 5.59. The molecule has 0 unspecified atom stereocenters. The van der Waals surface area contributed by atoms with E-state index in [9.17, 15) is 36.6 Å². The molecule has 0 aliphatic carbocycles. The number of anilines is 2. The number of benzene rings is 4. The zero-order valence-corrected chi connectivity index (χ0v) is 20.3. The quantitative estimate of drug-likeness (QED) is 0.171. The Labute approximate surface area is 220 Å². The molecule has 0 saturated carbocycles. The zero-order chi connectivity index (χ0) is 28.3. The van der Waals surface area contributed by atoms with Gasteiger partial charge in [-0.05, 0) is 59.7 Å². The molecule has 0 fully saturated rings. The van der Waals surface area contributed by atoms with Crippen LogP contribution in [0.3, 0.4) is 0 Å². The van der Waals surface area contributed by atoms with Crippen molar-refractivity contribution in [3.05, 3.63) is 119 Å². The smallest absolute Gasteiger partial charge is 0.411 e. The highest BCUT2D eigenvalue weighted by atomic mass is 19.4. The minimum Gasteiger partial charge on any atom is -0.508 e. The molecule has 0 spiro atoms. The molecule has 204 valence electrons. The van der Waals surface area contributed by atoms with Crippen molar-refractivity contribution in [3.8, 4) is 11.5 Å². The molecule has 0 aliphatic heterocycles. The number of aromatic hydroxyl groups is 2. The van der Waals surface area contributed by atoms with Crippen molar-refractivity contribution >= 4 is 11.4 Å². The van der Waals surface area contributed by atoms with E-state index in [0.29, 0.717) is 35.6 Å². The van der Waals surface area contributed by atoms with E-state index in [4.69, 9.17) is 0 Å². The fourth-order valence-electron chi connectivity index (χ4n) is 4.41. The van der Waals surface area contributed by atoms with Crippen LogP contribution in [0.2, 0.25) is 0 Å². The van der Waals surface area contributed by atoms with Gasteiger partial charge in [-0.1, -0.05) is 48.5 Å². The van der Waals surface area contributed by atoms with Crippen molar-refractivity contribution < 1.29 is 36.6 Å². The second-order valence-corrected chi connectivity index (χ2v) is 8.87. The Hall–Kier alpha value is -4.34. The molecule has 10 heteroatoms. The number of rotatable bonds is 8. The Bertz CT molecular complexity index is 1300. The molecule has 0 radical (unpaired) electrons. The van der Waals surface area contributed by atoms with E-state index in [-0.39, 0.29) is 24.2 Å². The number of nitrogens with one attached hydrogen (secondary N) is 2. The number of alkyl halides is 6. The minimum atomic E-state index is -5.83. The van der Waals surface area contributed by atoms with Crippen LogP contribution in [0.5, 0.6) is 11.5 Å². The van der Waals surface area contributed by atoms with Gasteiger partial charge >= 0.3 is 12.4 Å². The van der Waals surface area contributed by atoms with Gasteiger partial charge < -0.3 is 20.8 Å². The van der Waals surface area contributed by atoms with E-state index in [0.717, 1.165) is 12.1 Å². The summed E-state index contributed by atoms with van der Waals surface area (Å²) in [5.41, 5.74) is -5.85. The maximum absolute atomic E-state index is 14.7. The molecule has 0 saturated heterocycles. The van der Waals surface area contributed by atoms with Gasteiger partial charge in [0.2, 0.25) is 5.41 Å². The first kappa shape index (κ1) is 27.7. The molecule has 39 heavy (non-hydrogen) atoms. The summed E-state index contributed by atoms with van der Waals surface area (Å²) in [7, 11) is 0. The van der Waals surface area contributed by atoms with Gasteiger partial charge in [0.25, 0.3) is 0 Å². The number of hydrogen-bond donors (Lipinski definition) is 4. The first-order valence-electron chi connectivity index (χ1n) is 11.8. The number of para-hydroxylation sites is 2. The fourth-order valence-corrected chi connectivity index (χ4v) is 4.41. The SMILES string of the molecule is Oc1ccc(C(c2ccc(O)c(CNc3ccccc3)c2)(C(F)(F)F)C(F)(F)F)cc1CNc1ccccc1. The minimum absolute atomic E-state index is 0.154. The van der Waals surface area contributed by atoms with Crippen LogP contribution < -0.4 is 10.6 Å². The van der Waals surface area contributed by atoms with Crippen molar-refractivity contribution in [1.82, 2.24) is 0 Å². The monoisotopic (exact) mass is 546 g/mol. The second kappa shape index (κ2) is 10.8. The molecule has 4 aromatic carbocycles. The lowest BCUT2D eigenvalue weighted by Crippen LogP contribution is -2.54. The summed E-state index contributed by atoms with van der Waals surface area (Å²) in [6, 6.07) is 21.2. The van der Waals surface area contributed by atoms with E-state index in [1.165, 1.54) is 0 Å². The molecule has 0 bridgehead atoms. The lowest BCUT2D eigenvalue weighted by Gasteiger charge is -2.39. The first-order valence-corrected chi connectivity index (χ1v) is 11.8. The Morgan fingerprint density at radius 3 is 1.21 bits per heavy atom. The zero-order valence-electron chi connectivity index (χ0n) is 20.3. The molecule has 0 amide bonds. The molecule has 0 aromatic heterocycles. The van der Waals surface area contributed by atoms with Crippen LogP contribution in [0.1, 0.15) is 22.3 Å². The van der Waals surface area contributed by atoms with Crippen LogP contribution in [0.25, 0.3) is 0 Å². The predicted octanol–water partition coefficient (Wildman–Crippen LogP) is 7.73. The van der Waals surface area contributed by atoms with Crippen molar-refractivity contribution in [3.63, 3.8) is 0 Å². The van der Waals surface area contributed by atoms with E-state index < -0.39 is 40.4 Å². The molecular formula is C29H24F6N2O2. The van der Waals surface area contributed by atoms with Gasteiger partial charge in [-0.2, -0.15) is 26.3 Å². The van der Waals surface area contributed by atoms with Gasteiger partial charge in [0.1, 0.15) is 11.5 Å². The number of phenols is 2. The highest BCUT2D eigenvalue weighted by molar-refractivity contribution is 5.53. The van der Waals surface area contributed by atoms with Gasteiger partial charge in [0.15, 0.2) is 0 Å². The van der Waals surface area contributed by atoms with Crippen molar-refractivity contribution in [2.24, 2.45) is 0 Å². The van der Waals surface area contributed by atoms with E-state index in [1.807, 2.05) is 0 Å². The van der Waals surface area contributed by atoms with Crippen LogP contribution in [-0.2, 0) is 18.5 Å².